The summed E-state index contributed by atoms with van der Waals surface area (Å²) in [6.07, 6.45) is -21.7. The molecule has 2 aromatic carbocycles. The number of carbonyl (C=O) groups is 1. The number of hydrogen-bond acceptors (Lipinski definition) is 3. The van der Waals surface area contributed by atoms with Crippen molar-refractivity contribution in [1.29, 1.82) is 5.26 Å². The number of allylic oxidation sites excluding steroid dienone is 1. The third kappa shape index (κ3) is 6.94. The molecule has 0 saturated heterocycles. The van der Waals surface area contributed by atoms with E-state index in [1.165, 1.54) is 0 Å². The Labute approximate surface area is 203 Å². The number of ketones is 1. The molecule has 0 unspecified atom stereocenters. The zero-order chi connectivity index (χ0) is 27.1. The molecule has 0 saturated carbocycles. The number of nitriles is 1. The Balaban J connectivity index is 0.00000648. The van der Waals surface area contributed by atoms with E-state index in [0.717, 1.165) is 6.07 Å². The number of alkyl halides is 12. The first kappa shape index (κ1) is 30.8. The number of carbonyl (C=O) groups excluding carboxylic acids is 1. The summed E-state index contributed by atoms with van der Waals surface area (Å²) in [6.45, 7) is 0. The van der Waals surface area contributed by atoms with Crippen LogP contribution in [0.25, 0.3) is 5.76 Å². The fraction of sp³-hybridized carbons (Fsp3) is 0.200. The van der Waals surface area contributed by atoms with Crippen LogP contribution in [0.1, 0.15) is 38.2 Å². The van der Waals surface area contributed by atoms with Gasteiger partial charge in [0.15, 0.2) is 0 Å². The monoisotopic (exact) mass is 577 g/mol. The molecular weight excluding hydrogens is 570 g/mol. The Morgan fingerprint density at radius 3 is 1.14 bits per heavy atom. The topological polar surface area (TPSA) is 61.1 Å². The fourth-order valence-electron chi connectivity index (χ4n) is 2.68. The predicted octanol–water partition coefficient (Wildman–Crippen LogP) is 7.43. The maximum absolute atomic E-state index is 13.0. The molecule has 0 aromatic heterocycles. The quantitative estimate of drug-likeness (QED) is 0.103. The molecule has 2 aromatic rings. The van der Waals surface area contributed by atoms with Crippen molar-refractivity contribution in [3.05, 3.63) is 75.4 Å². The molecule has 0 aliphatic carbocycles. The van der Waals surface area contributed by atoms with Gasteiger partial charge in [0.25, 0.3) is 0 Å². The third-order valence-corrected chi connectivity index (χ3v) is 4.29. The first-order valence-corrected chi connectivity index (χ1v) is 8.63. The van der Waals surface area contributed by atoms with Gasteiger partial charge in [-0.1, -0.05) is 0 Å². The van der Waals surface area contributed by atoms with E-state index in [9.17, 15) is 62.6 Å². The van der Waals surface area contributed by atoms with Crippen molar-refractivity contribution in [2.24, 2.45) is 0 Å². The Hall–Kier alpha value is -3.18. The summed E-state index contributed by atoms with van der Waals surface area (Å²) in [6, 6.07) is -0.282. The predicted molar refractivity (Wildman–Crippen MR) is 92.4 cm³/mol. The number of rotatable bonds is 3. The average molecular weight is 577 g/mol. The Morgan fingerprint density at radius 1 is 0.611 bits per heavy atom. The zero-order valence-corrected chi connectivity index (χ0v) is 17.8. The third-order valence-electron chi connectivity index (χ3n) is 4.29. The van der Waals surface area contributed by atoms with Gasteiger partial charge in [-0.15, -0.1) is 0 Å². The summed E-state index contributed by atoms with van der Waals surface area (Å²) in [5.41, 5.74) is -12.5. The van der Waals surface area contributed by atoms with Crippen LogP contribution < -0.4 is 0 Å². The summed E-state index contributed by atoms with van der Waals surface area (Å²) in [4.78, 5) is 12.5. The maximum atomic E-state index is 13.0. The second-order valence-corrected chi connectivity index (χ2v) is 6.75. The van der Waals surface area contributed by atoms with Crippen molar-refractivity contribution < 1.29 is 79.7 Å². The molecule has 0 amide bonds. The molecule has 196 valence electrons. The standard InChI is InChI=1S/C20H7F12NO2.Fe/c21-17(22,23)10-1-8(2-11(5-10)18(24,25)26)15(34)14(7-33)16(35)9-3-12(19(27,28)29)6-13(4-9)20(30,31)32;/h1-6,34H;/b15-14-;. The van der Waals surface area contributed by atoms with Gasteiger partial charge in [-0.05, 0) is 36.4 Å². The number of halogens is 12. The maximum Gasteiger partial charge on any atom is 0.416 e. The van der Waals surface area contributed by atoms with E-state index >= 15 is 0 Å². The molecule has 2 rings (SSSR count). The van der Waals surface area contributed by atoms with Crippen LogP contribution in [0.4, 0.5) is 52.7 Å². The Bertz CT molecular complexity index is 1170. The number of aliphatic hydroxyl groups excluding tert-OH is 1. The second-order valence-electron chi connectivity index (χ2n) is 6.75. The summed E-state index contributed by atoms with van der Waals surface area (Å²) < 4.78 is 156. The minimum absolute atomic E-state index is 0. The summed E-state index contributed by atoms with van der Waals surface area (Å²) in [5.74, 6) is -3.85. The first-order valence-electron chi connectivity index (χ1n) is 8.63. The number of benzene rings is 2. The first-order chi connectivity index (χ1) is 15.7. The second kappa shape index (κ2) is 10.1. The SMILES string of the molecule is N#C/C(C(=O)c1cc(C(F)(F)F)cc(C(F)(F)F)c1)=C(/O)c1cc(C(F)(F)F)cc(C(F)(F)F)c1.[Fe]. The normalized spacial score (nSPS) is 13.4. The van der Waals surface area contributed by atoms with Crippen LogP contribution in [0.15, 0.2) is 42.0 Å². The van der Waals surface area contributed by atoms with Crippen molar-refractivity contribution in [3.63, 3.8) is 0 Å². The number of hydrogen-bond donors (Lipinski definition) is 1. The van der Waals surface area contributed by atoms with E-state index in [-0.39, 0.29) is 53.5 Å². The van der Waals surface area contributed by atoms with E-state index in [0.29, 0.717) is 0 Å². The van der Waals surface area contributed by atoms with Crippen LogP contribution in [0.3, 0.4) is 0 Å². The van der Waals surface area contributed by atoms with E-state index in [4.69, 9.17) is 5.26 Å². The summed E-state index contributed by atoms with van der Waals surface area (Å²) in [7, 11) is 0. The zero-order valence-electron chi connectivity index (χ0n) is 16.7. The van der Waals surface area contributed by atoms with Gasteiger partial charge in [0.1, 0.15) is 17.4 Å². The number of aliphatic hydroxyl groups is 1. The van der Waals surface area contributed by atoms with E-state index in [2.05, 4.69) is 0 Å². The van der Waals surface area contributed by atoms with Gasteiger partial charge in [-0.25, -0.2) is 0 Å². The molecular formula is C20H7F12FeNO2. The number of nitrogens with zero attached hydrogens (tertiary/aromatic N) is 1. The molecule has 3 nitrogen and oxygen atoms in total. The summed E-state index contributed by atoms with van der Waals surface area (Å²) >= 11 is 0. The fourth-order valence-corrected chi connectivity index (χ4v) is 2.68. The van der Waals surface area contributed by atoms with Crippen LogP contribution in [0.2, 0.25) is 0 Å². The molecule has 0 heterocycles. The molecule has 0 aliphatic heterocycles. The van der Waals surface area contributed by atoms with Gasteiger partial charge >= 0.3 is 24.7 Å². The minimum atomic E-state index is -5.42. The van der Waals surface area contributed by atoms with Crippen LogP contribution in [0, 0.1) is 11.3 Å². The molecule has 0 radical (unpaired) electrons. The Morgan fingerprint density at radius 2 is 0.889 bits per heavy atom. The smallest absolute Gasteiger partial charge is 0.416 e. The van der Waals surface area contributed by atoms with Gasteiger partial charge in [0, 0.05) is 28.2 Å². The Kier molecular flexibility index (Phi) is 8.62. The molecule has 0 atom stereocenters. The van der Waals surface area contributed by atoms with Gasteiger partial charge in [-0.3, -0.25) is 4.79 Å². The van der Waals surface area contributed by atoms with Gasteiger partial charge in [-0.2, -0.15) is 57.9 Å². The van der Waals surface area contributed by atoms with E-state index in [1.54, 1.807) is 0 Å². The average Bonchev–Trinajstić information content (AvgIpc) is 2.70. The van der Waals surface area contributed by atoms with E-state index in [1.807, 2.05) is 0 Å². The van der Waals surface area contributed by atoms with Gasteiger partial charge in [0.05, 0.1) is 22.3 Å². The van der Waals surface area contributed by atoms with Gasteiger partial charge in [0.2, 0.25) is 5.78 Å². The molecule has 1 N–H and O–H groups in total. The van der Waals surface area contributed by atoms with Crippen molar-refractivity contribution in [1.82, 2.24) is 0 Å². The summed E-state index contributed by atoms with van der Waals surface area (Å²) in [5, 5.41) is 19.2. The van der Waals surface area contributed by atoms with Crippen molar-refractivity contribution >= 4 is 11.5 Å². The molecule has 0 bridgehead atoms. The van der Waals surface area contributed by atoms with Gasteiger partial charge < -0.3 is 5.11 Å². The van der Waals surface area contributed by atoms with Crippen molar-refractivity contribution in [2.75, 3.05) is 0 Å². The van der Waals surface area contributed by atoms with Crippen molar-refractivity contribution in [2.45, 2.75) is 24.7 Å². The molecule has 16 heteroatoms. The number of Topliss-reactive ketones (excluding diaryl/α,β-unsaturated/α-hetero) is 1. The van der Waals surface area contributed by atoms with Crippen LogP contribution >= 0.6 is 0 Å². The molecule has 0 aliphatic rings. The van der Waals surface area contributed by atoms with Crippen LogP contribution in [-0.4, -0.2) is 10.9 Å². The minimum Gasteiger partial charge on any atom is -0.506 e. The largest absolute Gasteiger partial charge is 0.506 e. The van der Waals surface area contributed by atoms with Crippen molar-refractivity contribution in [3.8, 4) is 6.07 Å². The molecule has 36 heavy (non-hydrogen) atoms. The van der Waals surface area contributed by atoms with E-state index < -0.39 is 75.2 Å². The molecule has 0 fully saturated rings. The molecule has 0 spiro atoms. The van der Waals surface area contributed by atoms with Crippen LogP contribution in [-0.2, 0) is 41.8 Å². The van der Waals surface area contributed by atoms with Crippen LogP contribution in [0.5, 0.6) is 0 Å².